The van der Waals surface area contributed by atoms with Crippen LogP contribution in [0.25, 0.3) is 0 Å². The third-order valence-electron chi connectivity index (χ3n) is 8.23. The lowest BCUT2D eigenvalue weighted by Crippen LogP contribution is -2.55. The fourth-order valence-corrected chi connectivity index (χ4v) is 6.55. The van der Waals surface area contributed by atoms with E-state index in [9.17, 15) is 22.8 Å². The Morgan fingerprint density at radius 1 is 1.26 bits per heavy atom. The molecule has 2 amide bonds. The lowest BCUT2D eigenvalue weighted by atomic mass is 9.79. The van der Waals surface area contributed by atoms with Gasteiger partial charge < -0.3 is 15.0 Å². The van der Waals surface area contributed by atoms with E-state index in [2.05, 4.69) is 11.9 Å². The van der Waals surface area contributed by atoms with Crippen molar-refractivity contribution in [1.29, 1.82) is 0 Å². The van der Waals surface area contributed by atoms with E-state index in [1.165, 1.54) is 0 Å². The van der Waals surface area contributed by atoms with E-state index in [1.807, 2.05) is 32.4 Å². The van der Waals surface area contributed by atoms with Gasteiger partial charge in [-0.2, -0.15) is 0 Å². The summed E-state index contributed by atoms with van der Waals surface area (Å²) in [6, 6.07) is -1.25. The van der Waals surface area contributed by atoms with Crippen LogP contribution in [0, 0.1) is 22.2 Å². The van der Waals surface area contributed by atoms with Crippen molar-refractivity contribution >= 4 is 27.6 Å². The van der Waals surface area contributed by atoms with Crippen molar-refractivity contribution in [2.45, 2.75) is 71.1 Å². The molecule has 1 spiro atoms. The molecule has 10 heteroatoms. The van der Waals surface area contributed by atoms with Crippen molar-refractivity contribution in [3.05, 3.63) is 12.7 Å². The summed E-state index contributed by atoms with van der Waals surface area (Å²) in [5, 5.41) is 3.10. The summed E-state index contributed by atoms with van der Waals surface area (Å²) < 4.78 is 31.4. The van der Waals surface area contributed by atoms with Gasteiger partial charge in [0.1, 0.15) is 0 Å². The predicted octanol–water partition coefficient (Wildman–Crippen LogP) is 1.24. The summed E-state index contributed by atoms with van der Waals surface area (Å²) in [4.78, 5) is 42.3. The smallest absolute Gasteiger partial charge is 0.240 e. The first kappa shape index (κ1) is 26.8. The molecule has 0 aromatic carbocycles. The van der Waals surface area contributed by atoms with Crippen molar-refractivity contribution in [3.8, 4) is 0 Å². The number of ether oxygens (including phenoxy) is 1. The van der Waals surface area contributed by atoms with E-state index in [4.69, 9.17) is 4.74 Å². The van der Waals surface area contributed by atoms with Crippen molar-refractivity contribution in [3.63, 3.8) is 0 Å². The summed E-state index contributed by atoms with van der Waals surface area (Å²) in [5.74, 6) is -1.40. The summed E-state index contributed by atoms with van der Waals surface area (Å²) in [6.07, 6.45) is 4.18. The zero-order valence-electron chi connectivity index (χ0n) is 21.4. The highest BCUT2D eigenvalue weighted by atomic mass is 32.2. The van der Waals surface area contributed by atoms with E-state index in [0.717, 1.165) is 19.1 Å². The quantitative estimate of drug-likeness (QED) is 0.460. The number of carbonyl (C=O) groups is 3. The molecular formula is C24H39N3O6S. The van der Waals surface area contributed by atoms with E-state index in [1.54, 1.807) is 25.1 Å². The standard InChI is InChI=1S/C24H39N3O6S/c1-9-15-12-23(15,20(30)26-34(8,31)32)13-16(28)18-24(10-11-24)22(5,33-7)14-27(18)19(29)17(25-6)21(2,3)4/h9,15,17-18,25H,1,10-14H2,2-8H3,(H,26,30)/t15-,17-,18-,22+,23-/m1/s1. The molecule has 0 radical (unpaired) electrons. The highest BCUT2D eigenvalue weighted by Gasteiger charge is 2.72. The summed E-state index contributed by atoms with van der Waals surface area (Å²) >= 11 is 0. The number of allylic oxidation sites excluding steroid dienone is 1. The number of hydrogen-bond acceptors (Lipinski definition) is 7. The first-order valence-electron chi connectivity index (χ1n) is 11.7. The van der Waals surface area contributed by atoms with Gasteiger partial charge >= 0.3 is 0 Å². The van der Waals surface area contributed by atoms with Crippen LogP contribution < -0.4 is 10.0 Å². The summed E-state index contributed by atoms with van der Waals surface area (Å²) in [6.45, 7) is 11.9. The average molecular weight is 498 g/mol. The Kier molecular flexibility index (Phi) is 6.63. The number of likely N-dealkylation sites (tertiary alicyclic amines) is 1. The number of Topliss-reactive ketones (excluding diaryl/α,β-unsaturated/α-hetero) is 1. The zero-order chi connectivity index (χ0) is 25.9. The minimum absolute atomic E-state index is 0.152. The van der Waals surface area contributed by atoms with Crippen LogP contribution in [0.3, 0.4) is 0 Å². The first-order valence-corrected chi connectivity index (χ1v) is 13.6. The molecule has 5 atom stereocenters. The van der Waals surface area contributed by atoms with Gasteiger partial charge in [0, 0.05) is 18.9 Å². The van der Waals surface area contributed by atoms with Crippen LogP contribution in [0.15, 0.2) is 12.7 Å². The number of rotatable bonds is 9. The number of hydrogen-bond donors (Lipinski definition) is 2. The minimum Gasteiger partial charge on any atom is -0.376 e. The molecule has 1 heterocycles. The monoisotopic (exact) mass is 497 g/mol. The Morgan fingerprint density at radius 2 is 1.85 bits per heavy atom. The third-order valence-corrected chi connectivity index (χ3v) is 8.78. The van der Waals surface area contributed by atoms with Crippen LogP contribution in [0.2, 0.25) is 0 Å². The molecule has 3 aliphatic rings. The average Bonchev–Trinajstić information content (AvgIpc) is 3.59. The molecule has 1 aliphatic heterocycles. The van der Waals surface area contributed by atoms with Crippen LogP contribution in [0.1, 0.15) is 53.4 Å². The lowest BCUT2D eigenvalue weighted by molar-refractivity contribution is -0.143. The molecule has 3 fully saturated rings. The highest BCUT2D eigenvalue weighted by Crippen LogP contribution is 2.65. The Bertz CT molecular complexity index is 999. The van der Waals surface area contributed by atoms with Gasteiger partial charge in [-0.1, -0.05) is 26.8 Å². The SMILES string of the molecule is C=C[C@@H]1C[C@]1(CC(=O)[C@H]1N(C(=O)[C@@H](NC)C(C)(C)C)C[C@](C)(OC)C12CC2)C(=O)NS(C)(=O)=O. The first-order chi connectivity index (χ1) is 15.5. The second-order valence-corrected chi connectivity index (χ2v) is 13.3. The number of sulfonamides is 1. The summed E-state index contributed by atoms with van der Waals surface area (Å²) in [7, 11) is -0.449. The van der Waals surface area contributed by atoms with E-state index in [0.29, 0.717) is 6.42 Å². The second-order valence-electron chi connectivity index (χ2n) is 11.6. The topological polar surface area (TPSA) is 122 Å². The molecule has 9 nitrogen and oxygen atoms in total. The fraction of sp³-hybridized carbons (Fsp3) is 0.792. The van der Waals surface area contributed by atoms with Gasteiger partial charge in [0.25, 0.3) is 0 Å². The third kappa shape index (κ3) is 4.33. The lowest BCUT2D eigenvalue weighted by Gasteiger charge is -2.36. The number of nitrogens with zero attached hydrogens (tertiary/aromatic N) is 1. The van der Waals surface area contributed by atoms with Crippen molar-refractivity contribution in [1.82, 2.24) is 14.9 Å². The van der Waals surface area contributed by atoms with Crippen LogP contribution in [0.5, 0.6) is 0 Å². The zero-order valence-corrected chi connectivity index (χ0v) is 22.2. The molecule has 2 N–H and O–H groups in total. The number of amides is 2. The van der Waals surface area contributed by atoms with E-state index in [-0.39, 0.29) is 36.0 Å². The van der Waals surface area contributed by atoms with Crippen LogP contribution >= 0.6 is 0 Å². The van der Waals surface area contributed by atoms with Crippen molar-refractivity contribution < 1.29 is 27.5 Å². The van der Waals surface area contributed by atoms with Crippen LogP contribution in [0.4, 0.5) is 0 Å². The molecule has 0 aromatic heterocycles. The molecule has 192 valence electrons. The Balaban J connectivity index is 1.97. The van der Waals surface area contributed by atoms with Gasteiger partial charge in [0.2, 0.25) is 21.8 Å². The van der Waals surface area contributed by atoms with Crippen molar-refractivity contribution in [2.75, 3.05) is 27.0 Å². The Hall–Kier alpha value is -1.78. The van der Waals surface area contributed by atoms with Gasteiger partial charge in [0.15, 0.2) is 5.78 Å². The van der Waals surface area contributed by atoms with Gasteiger partial charge in [-0.3, -0.25) is 19.1 Å². The van der Waals surface area contributed by atoms with E-state index < -0.39 is 44.4 Å². The maximum Gasteiger partial charge on any atom is 0.240 e. The number of carbonyl (C=O) groups excluding carboxylic acids is 3. The molecule has 3 rings (SSSR count). The largest absolute Gasteiger partial charge is 0.376 e. The molecular weight excluding hydrogens is 458 g/mol. The van der Waals surface area contributed by atoms with Crippen molar-refractivity contribution in [2.24, 2.45) is 22.2 Å². The molecule has 0 unspecified atom stereocenters. The van der Waals surface area contributed by atoms with Gasteiger partial charge in [0.05, 0.1) is 35.9 Å². The minimum atomic E-state index is -3.78. The predicted molar refractivity (Wildman–Crippen MR) is 128 cm³/mol. The number of ketones is 1. The van der Waals surface area contributed by atoms with Gasteiger partial charge in [-0.25, -0.2) is 8.42 Å². The summed E-state index contributed by atoms with van der Waals surface area (Å²) in [5.41, 5.74) is -2.76. The van der Waals surface area contributed by atoms with Crippen LogP contribution in [-0.2, 0) is 29.1 Å². The normalized spacial score (nSPS) is 32.9. The number of likely N-dealkylation sites (N-methyl/N-ethyl adjacent to an activating group) is 1. The Morgan fingerprint density at radius 3 is 2.24 bits per heavy atom. The fourth-order valence-electron chi connectivity index (χ4n) is 6.01. The molecule has 2 aliphatic carbocycles. The molecule has 2 saturated carbocycles. The van der Waals surface area contributed by atoms with Gasteiger partial charge in [-0.05, 0) is 44.6 Å². The highest BCUT2D eigenvalue weighted by molar-refractivity contribution is 7.89. The number of nitrogens with one attached hydrogen (secondary N) is 2. The van der Waals surface area contributed by atoms with Gasteiger partial charge in [-0.15, -0.1) is 6.58 Å². The number of methoxy groups -OCH3 is 1. The molecule has 34 heavy (non-hydrogen) atoms. The maximum atomic E-state index is 13.9. The molecule has 0 aromatic rings. The maximum absolute atomic E-state index is 13.9. The molecule has 0 bridgehead atoms. The second kappa shape index (κ2) is 8.41. The Labute approximate surface area is 203 Å². The molecule has 1 saturated heterocycles. The van der Waals surface area contributed by atoms with E-state index >= 15 is 0 Å². The van der Waals surface area contributed by atoms with Crippen LogP contribution in [-0.4, -0.2) is 75.6 Å².